The Morgan fingerprint density at radius 3 is 2.73 bits per heavy atom. The molecule has 22 heavy (non-hydrogen) atoms. The lowest BCUT2D eigenvalue weighted by molar-refractivity contribution is -0.140. The summed E-state index contributed by atoms with van der Waals surface area (Å²) in [6.45, 7) is 0.363. The normalized spacial score (nSPS) is 24.2. The molecule has 2 aliphatic heterocycles. The minimum atomic E-state index is -0.666. The van der Waals surface area contributed by atoms with E-state index in [9.17, 15) is 14.4 Å². The molecule has 7 heteroatoms. The van der Waals surface area contributed by atoms with Crippen LogP contribution in [0.5, 0.6) is 0 Å². The van der Waals surface area contributed by atoms with Crippen molar-refractivity contribution in [2.45, 2.75) is 18.5 Å². The Hall–Kier alpha value is -2.41. The first-order valence-electron chi connectivity index (χ1n) is 7.11. The minimum absolute atomic E-state index is 0.0736. The third-order valence-corrected chi connectivity index (χ3v) is 3.99. The molecule has 2 aliphatic rings. The van der Waals surface area contributed by atoms with Crippen molar-refractivity contribution >= 4 is 23.5 Å². The van der Waals surface area contributed by atoms with Gasteiger partial charge in [-0.15, -0.1) is 0 Å². The van der Waals surface area contributed by atoms with E-state index in [1.165, 1.54) is 12.0 Å². The highest BCUT2D eigenvalue weighted by molar-refractivity contribution is 6.19. The topological polar surface area (TPSA) is 79.0 Å². The number of urea groups is 1. The summed E-state index contributed by atoms with van der Waals surface area (Å²) in [6.07, 6.45) is 0.570. The highest BCUT2D eigenvalue weighted by Gasteiger charge is 2.49. The number of carbonyl (C=O) groups is 3. The van der Waals surface area contributed by atoms with E-state index in [1.54, 1.807) is 24.3 Å². The zero-order valence-electron chi connectivity index (χ0n) is 12.2. The predicted octanol–water partition coefficient (Wildman–Crippen LogP) is 0.359. The Kier molecular flexibility index (Phi) is 3.81. The number of likely N-dealkylation sites (tertiary alicyclic amines) is 1. The van der Waals surface area contributed by atoms with Crippen LogP contribution in [0.4, 0.5) is 10.5 Å². The number of methoxy groups -OCH3 is 1. The van der Waals surface area contributed by atoms with Gasteiger partial charge >= 0.3 is 6.03 Å². The molecule has 2 saturated heterocycles. The molecule has 0 spiro atoms. The summed E-state index contributed by atoms with van der Waals surface area (Å²) in [4.78, 5) is 39.7. The SMILES string of the molecule is COCC(=O)N1CC[C@@H]2NC(=O)N(c3ccccc3)C(=O)[C@H]21. The molecule has 0 unspecified atom stereocenters. The molecule has 4 amide bonds. The summed E-state index contributed by atoms with van der Waals surface area (Å²) in [5.74, 6) is -0.616. The third-order valence-electron chi connectivity index (χ3n) is 3.99. The number of amides is 4. The van der Waals surface area contributed by atoms with E-state index >= 15 is 0 Å². The second-order valence-electron chi connectivity index (χ2n) is 5.32. The molecule has 2 fully saturated rings. The maximum Gasteiger partial charge on any atom is 0.329 e. The molecule has 2 heterocycles. The van der Waals surface area contributed by atoms with Gasteiger partial charge in [-0.3, -0.25) is 9.59 Å². The number of rotatable bonds is 3. The third kappa shape index (κ3) is 2.33. The summed E-state index contributed by atoms with van der Waals surface area (Å²) < 4.78 is 4.86. The molecular weight excluding hydrogens is 286 g/mol. The number of carbonyl (C=O) groups excluding carboxylic acids is 3. The standard InChI is InChI=1S/C15H17N3O4/c1-22-9-12(19)17-8-7-11-13(17)14(20)18(15(21)16-11)10-5-3-2-4-6-10/h2-6,11,13H,7-9H2,1H3,(H,16,21)/t11-,13-/m0/s1. The molecule has 0 bridgehead atoms. The monoisotopic (exact) mass is 303 g/mol. The number of anilines is 1. The summed E-state index contributed by atoms with van der Waals surface area (Å²) in [5.41, 5.74) is 0.495. The zero-order chi connectivity index (χ0) is 15.7. The highest BCUT2D eigenvalue weighted by Crippen LogP contribution is 2.27. The van der Waals surface area contributed by atoms with Gasteiger partial charge in [0, 0.05) is 13.7 Å². The Bertz CT molecular complexity index is 604. The van der Waals surface area contributed by atoms with E-state index in [2.05, 4.69) is 5.32 Å². The van der Waals surface area contributed by atoms with Crippen molar-refractivity contribution in [3.8, 4) is 0 Å². The van der Waals surface area contributed by atoms with Crippen molar-refractivity contribution in [2.24, 2.45) is 0 Å². The molecular formula is C15H17N3O4. The number of hydrogen-bond acceptors (Lipinski definition) is 4. The lowest BCUT2D eigenvalue weighted by atomic mass is 10.0. The first-order chi connectivity index (χ1) is 10.6. The Balaban J connectivity index is 1.89. The average molecular weight is 303 g/mol. The molecule has 1 aromatic carbocycles. The molecule has 0 radical (unpaired) electrons. The second-order valence-corrected chi connectivity index (χ2v) is 5.32. The van der Waals surface area contributed by atoms with Gasteiger partial charge in [0.05, 0.1) is 11.7 Å². The zero-order valence-corrected chi connectivity index (χ0v) is 12.2. The molecule has 116 valence electrons. The number of fused-ring (bicyclic) bond motifs is 1. The molecule has 0 aromatic heterocycles. The van der Waals surface area contributed by atoms with Crippen molar-refractivity contribution in [1.29, 1.82) is 0 Å². The van der Waals surface area contributed by atoms with Crippen LogP contribution in [0, 0.1) is 0 Å². The van der Waals surface area contributed by atoms with Crippen molar-refractivity contribution in [1.82, 2.24) is 10.2 Å². The first-order valence-corrected chi connectivity index (χ1v) is 7.11. The van der Waals surface area contributed by atoms with Gasteiger partial charge in [-0.2, -0.15) is 0 Å². The van der Waals surface area contributed by atoms with Gasteiger partial charge in [0.15, 0.2) is 0 Å². The van der Waals surface area contributed by atoms with Crippen LogP contribution in [-0.2, 0) is 14.3 Å². The van der Waals surface area contributed by atoms with E-state index in [1.807, 2.05) is 6.07 Å². The number of imide groups is 1. The van der Waals surface area contributed by atoms with E-state index in [0.717, 1.165) is 4.90 Å². The van der Waals surface area contributed by atoms with Crippen LogP contribution >= 0.6 is 0 Å². The van der Waals surface area contributed by atoms with Gasteiger partial charge in [0.1, 0.15) is 12.6 Å². The van der Waals surface area contributed by atoms with Gasteiger partial charge < -0.3 is 15.0 Å². The molecule has 7 nitrogen and oxygen atoms in total. The van der Waals surface area contributed by atoms with Gasteiger partial charge in [-0.05, 0) is 18.6 Å². The van der Waals surface area contributed by atoms with Gasteiger partial charge in [-0.25, -0.2) is 9.69 Å². The second kappa shape index (κ2) is 5.76. The van der Waals surface area contributed by atoms with Crippen LogP contribution < -0.4 is 10.2 Å². The van der Waals surface area contributed by atoms with E-state index in [0.29, 0.717) is 18.7 Å². The van der Waals surface area contributed by atoms with Gasteiger partial charge in [0.25, 0.3) is 5.91 Å². The highest BCUT2D eigenvalue weighted by atomic mass is 16.5. The summed E-state index contributed by atoms with van der Waals surface area (Å²) in [7, 11) is 1.44. The Morgan fingerprint density at radius 2 is 2.05 bits per heavy atom. The van der Waals surface area contributed by atoms with Crippen LogP contribution in [-0.4, -0.2) is 55.1 Å². The summed E-state index contributed by atoms with van der Waals surface area (Å²) >= 11 is 0. The minimum Gasteiger partial charge on any atom is -0.375 e. The van der Waals surface area contributed by atoms with E-state index in [-0.39, 0.29) is 24.5 Å². The van der Waals surface area contributed by atoms with E-state index < -0.39 is 12.1 Å². The maximum absolute atomic E-state index is 12.8. The fourth-order valence-corrected chi connectivity index (χ4v) is 3.01. The predicted molar refractivity (Wildman–Crippen MR) is 78.2 cm³/mol. The summed E-state index contributed by atoms with van der Waals surface area (Å²) in [6, 6.07) is 7.25. The molecule has 3 rings (SSSR count). The summed E-state index contributed by atoms with van der Waals surface area (Å²) in [5, 5.41) is 2.82. The van der Waals surface area contributed by atoms with Crippen LogP contribution in [0.15, 0.2) is 30.3 Å². The number of para-hydroxylation sites is 1. The van der Waals surface area contributed by atoms with Crippen LogP contribution in [0.3, 0.4) is 0 Å². The lowest BCUT2D eigenvalue weighted by Gasteiger charge is -2.36. The van der Waals surface area contributed by atoms with Crippen molar-refractivity contribution in [2.75, 3.05) is 25.2 Å². The van der Waals surface area contributed by atoms with Crippen molar-refractivity contribution < 1.29 is 19.1 Å². The number of nitrogens with one attached hydrogen (secondary N) is 1. The first kappa shape index (κ1) is 14.5. The smallest absolute Gasteiger partial charge is 0.329 e. The molecule has 0 aliphatic carbocycles. The molecule has 0 saturated carbocycles. The van der Waals surface area contributed by atoms with Gasteiger partial charge in [-0.1, -0.05) is 18.2 Å². The van der Waals surface area contributed by atoms with Crippen molar-refractivity contribution in [3.63, 3.8) is 0 Å². The van der Waals surface area contributed by atoms with E-state index in [4.69, 9.17) is 4.74 Å². The Morgan fingerprint density at radius 1 is 1.32 bits per heavy atom. The largest absolute Gasteiger partial charge is 0.375 e. The quantitative estimate of drug-likeness (QED) is 0.874. The number of ether oxygens (including phenoxy) is 1. The number of nitrogens with zero attached hydrogens (tertiary/aromatic N) is 2. The molecule has 2 atom stereocenters. The molecule has 1 N–H and O–H groups in total. The molecule has 1 aromatic rings. The van der Waals surface area contributed by atoms with Crippen LogP contribution in [0.2, 0.25) is 0 Å². The number of benzene rings is 1. The Labute approximate surface area is 127 Å². The number of hydrogen-bond donors (Lipinski definition) is 1. The van der Waals surface area contributed by atoms with Crippen LogP contribution in [0.1, 0.15) is 6.42 Å². The fourth-order valence-electron chi connectivity index (χ4n) is 3.01. The van der Waals surface area contributed by atoms with Crippen LogP contribution in [0.25, 0.3) is 0 Å². The fraction of sp³-hybridized carbons (Fsp3) is 0.400. The average Bonchev–Trinajstić information content (AvgIpc) is 2.92. The van der Waals surface area contributed by atoms with Gasteiger partial charge in [0.2, 0.25) is 5.91 Å². The maximum atomic E-state index is 12.8. The van der Waals surface area contributed by atoms with Crippen molar-refractivity contribution in [3.05, 3.63) is 30.3 Å². The lowest BCUT2D eigenvalue weighted by Crippen LogP contribution is -2.65.